The first kappa shape index (κ1) is 20.6. The van der Waals surface area contributed by atoms with Gasteiger partial charge in [-0.05, 0) is 42.2 Å². The van der Waals surface area contributed by atoms with Gasteiger partial charge in [-0.2, -0.15) is 0 Å². The first-order chi connectivity index (χ1) is 12.6. The van der Waals surface area contributed by atoms with Gasteiger partial charge >= 0.3 is 0 Å². The van der Waals surface area contributed by atoms with E-state index < -0.39 is 5.91 Å². The van der Waals surface area contributed by atoms with Crippen molar-refractivity contribution in [2.45, 2.75) is 45.7 Å². The summed E-state index contributed by atoms with van der Waals surface area (Å²) in [5.74, 6) is -0.548. The van der Waals surface area contributed by atoms with E-state index in [1.54, 1.807) is 24.3 Å². The van der Waals surface area contributed by atoms with Crippen LogP contribution in [-0.4, -0.2) is 24.9 Å². The average Bonchev–Trinajstić information content (AvgIpc) is 2.61. The predicted octanol–water partition coefficient (Wildman–Crippen LogP) is 2.12. The number of hydrogen-bond acceptors (Lipinski definition) is 2. The molecule has 0 saturated heterocycles. The average molecular weight is 369 g/mol. The van der Waals surface area contributed by atoms with Gasteiger partial charge in [-0.25, -0.2) is 0 Å². The van der Waals surface area contributed by atoms with Crippen molar-refractivity contribution in [2.75, 3.05) is 12.4 Å². The van der Waals surface area contributed by atoms with E-state index >= 15 is 0 Å². The lowest BCUT2D eigenvalue weighted by Gasteiger charge is -2.22. The van der Waals surface area contributed by atoms with E-state index in [1.807, 2.05) is 14.0 Å². The number of carbonyl (C=O) groups excluding carboxylic acids is 2. The SMILES string of the molecule is C[C@H](C(=O)Nc1ccc(C(N)=O)cc1)[NH+](C)Cc1ccc(C(C)(C)C)cc1. The van der Waals surface area contributed by atoms with Gasteiger partial charge < -0.3 is 16.0 Å². The van der Waals surface area contributed by atoms with Crippen LogP contribution in [0.25, 0.3) is 0 Å². The molecule has 0 aliphatic carbocycles. The van der Waals surface area contributed by atoms with Crippen LogP contribution in [0.5, 0.6) is 0 Å². The smallest absolute Gasteiger partial charge is 0.282 e. The highest BCUT2D eigenvalue weighted by Gasteiger charge is 2.22. The minimum Gasteiger partial charge on any atom is -0.366 e. The summed E-state index contributed by atoms with van der Waals surface area (Å²) in [5.41, 5.74) is 8.93. The molecular formula is C22H30N3O2+. The Bertz CT molecular complexity index is 790. The third kappa shape index (κ3) is 5.66. The fraction of sp³-hybridized carbons (Fsp3) is 0.364. The number of nitrogens with one attached hydrogen (secondary N) is 2. The van der Waals surface area contributed by atoms with Gasteiger partial charge in [-0.15, -0.1) is 0 Å². The van der Waals surface area contributed by atoms with Gasteiger partial charge in [-0.3, -0.25) is 9.59 Å². The highest BCUT2D eigenvalue weighted by atomic mass is 16.2. The van der Waals surface area contributed by atoms with E-state index in [-0.39, 0.29) is 17.4 Å². The van der Waals surface area contributed by atoms with Crippen molar-refractivity contribution in [3.05, 3.63) is 65.2 Å². The second-order valence-corrected chi connectivity index (χ2v) is 8.12. The molecule has 0 radical (unpaired) electrons. The lowest BCUT2D eigenvalue weighted by molar-refractivity contribution is -0.907. The van der Waals surface area contributed by atoms with Crippen LogP contribution in [0.3, 0.4) is 0 Å². The molecule has 0 aromatic heterocycles. The number of anilines is 1. The molecule has 27 heavy (non-hydrogen) atoms. The monoisotopic (exact) mass is 368 g/mol. The number of benzene rings is 2. The van der Waals surface area contributed by atoms with Crippen molar-refractivity contribution in [3.8, 4) is 0 Å². The molecule has 2 aromatic rings. The molecule has 0 aliphatic rings. The number of quaternary nitrogens is 1. The van der Waals surface area contributed by atoms with Crippen LogP contribution in [0.1, 0.15) is 49.2 Å². The summed E-state index contributed by atoms with van der Waals surface area (Å²) in [6.07, 6.45) is 0. The Morgan fingerprint density at radius 3 is 2.07 bits per heavy atom. The molecule has 144 valence electrons. The minimum atomic E-state index is -0.483. The van der Waals surface area contributed by atoms with Crippen LogP contribution in [0.2, 0.25) is 0 Å². The summed E-state index contributed by atoms with van der Waals surface area (Å²) < 4.78 is 0. The minimum absolute atomic E-state index is 0.0642. The topological polar surface area (TPSA) is 76.6 Å². The molecule has 5 heteroatoms. The van der Waals surface area contributed by atoms with E-state index in [1.165, 1.54) is 11.1 Å². The molecule has 0 spiro atoms. The molecular weight excluding hydrogens is 338 g/mol. The molecule has 0 fully saturated rings. The second kappa shape index (κ2) is 8.35. The third-order valence-electron chi connectivity index (χ3n) is 4.87. The van der Waals surface area contributed by atoms with Gasteiger partial charge in [0.1, 0.15) is 6.54 Å². The van der Waals surface area contributed by atoms with Gasteiger partial charge in [-0.1, -0.05) is 45.0 Å². The van der Waals surface area contributed by atoms with Crippen LogP contribution < -0.4 is 16.0 Å². The highest BCUT2D eigenvalue weighted by molar-refractivity contribution is 5.95. The third-order valence-corrected chi connectivity index (χ3v) is 4.87. The Labute approximate surface area is 161 Å². The van der Waals surface area contributed by atoms with Crippen molar-refractivity contribution < 1.29 is 14.5 Å². The van der Waals surface area contributed by atoms with Gasteiger partial charge in [0, 0.05) is 16.8 Å². The highest BCUT2D eigenvalue weighted by Crippen LogP contribution is 2.22. The van der Waals surface area contributed by atoms with Crippen molar-refractivity contribution in [1.82, 2.24) is 0 Å². The molecule has 2 aromatic carbocycles. The number of likely N-dealkylation sites (N-methyl/N-ethyl adjacent to an activating group) is 1. The standard InChI is InChI=1S/C22H29N3O2/c1-15(21(27)24-19-12-8-17(9-13-19)20(23)26)25(5)14-16-6-10-18(11-7-16)22(2,3)4/h6-13,15H,14H2,1-5H3,(H2,23,26)(H,24,27)/p+1/t15-/m1/s1. The van der Waals surface area contributed by atoms with Crippen LogP contribution in [0.15, 0.2) is 48.5 Å². The molecule has 2 amide bonds. The maximum Gasteiger partial charge on any atom is 0.282 e. The summed E-state index contributed by atoms with van der Waals surface area (Å²) in [4.78, 5) is 24.7. The van der Waals surface area contributed by atoms with E-state index in [0.717, 1.165) is 11.4 Å². The summed E-state index contributed by atoms with van der Waals surface area (Å²) in [7, 11) is 2.01. The number of carbonyl (C=O) groups is 2. The number of hydrogen-bond donors (Lipinski definition) is 3. The first-order valence-corrected chi connectivity index (χ1v) is 9.20. The Kier molecular flexibility index (Phi) is 6.39. The van der Waals surface area contributed by atoms with Crippen LogP contribution in [-0.2, 0) is 16.8 Å². The number of primary amides is 1. The van der Waals surface area contributed by atoms with Gasteiger partial charge in [0.05, 0.1) is 7.05 Å². The van der Waals surface area contributed by atoms with E-state index in [0.29, 0.717) is 11.3 Å². The van der Waals surface area contributed by atoms with Crippen molar-refractivity contribution in [2.24, 2.45) is 5.73 Å². The van der Waals surface area contributed by atoms with E-state index in [2.05, 4.69) is 50.4 Å². The second-order valence-electron chi connectivity index (χ2n) is 8.12. The van der Waals surface area contributed by atoms with Crippen LogP contribution in [0.4, 0.5) is 5.69 Å². The maximum atomic E-state index is 12.5. The maximum absolute atomic E-state index is 12.5. The Balaban J connectivity index is 1.96. The van der Waals surface area contributed by atoms with Crippen molar-refractivity contribution in [3.63, 3.8) is 0 Å². The Hall–Kier alpha value is -2.66. The zero-order chi connectivity index (χ0) is 20.2. The van der Waals surface area contributed by atoms with E-state index in [4.69, 9.17) is 5.73 Å². The largest absolute Gasteiger partial charge is 0.366 e. The molecule has 4 N–H and O–H groups in total. The number of rotatable bonds is 6. The molecule has 0 aliphatic heterocycles. The fourth-order valence-corrected chi connectivity index (χ4v) is 2.79. The van der Waals surface area contributed by atoms with Gasteiger partial charge in [0.15, 0.2) is 6.04 Å². The van der Waals surface area contributed by atoms with Crippen molar-refractivity contribution in [1.29, 1.82) is 0 Å². The molecule has 2 atom stereocenters. The Morgan fingerprint density at radius 1 is 1.04 bits per heavy atom. The molecule has 0 heterocycles. The lowest BCUT2D eigenvalue weighted by Crippen LogP contribution is -3.12. The summed E-state index contributed by atoms with van der Waals surface area (Å²) in [5, 5.41) is 2.89. The molecule has 0 bridgehead atoms. The zero-order valence-electron chi connectivity index (χ0n) is 16.8. The molecule has 1 unspecified atom stereocenters. The van der Waals surface area contributed by atoms with Crippen LogP contribution >= 0.6 is 0 Å². The quantitative estimate of drug-likeness (QED) is 0.730. The van der Waals surface area contributed by atoms with Gasteiger partial charge in [0.2, 0.25) is 5.91 Å². The fourth-order valence-electron chi connectivity index (χ4n) is 2.79. The molecule has 0 saturated carbocycles. The lowest BCUT2D eigenvalue weighted by atomic mass is 9.87. The summed E-state index contributed by atoms with van der Waals surface area (Å²) >= 11 is 0. The molecule has 5 nitrogen and oxygen atoms in total. The van der Waals surface area contributed by atoms with Gasteiger partial charge in [0.25, 0.3) is 5.91 Å². The number of amides is 2. The molecule has 2 rings (SSSR count). The zero-order valence-corrected chi connectivity index (χ0v) is 16.8. The summed E-state index contributed by atoms with van der Waals surface area (Å²) in [6, 6.07) is 15.0. The summed E-state index contributed by atoms with van der Waals surface area (Å²) in [6.45, 7) is 9.26. The van der Waals surface area contributed by atoms with E-state index in [9.17, 15) is 9.59 Å². The Morgan fingerprint density at radius 2 is 1.59 bits per heavy atom. The first-order valence-electron chi connectivity index (χ1n) is 9.20. The number of nitrogens with two attached hydrogens (primary N) is 1. The van der Waals surface area contributed by atoms with Crippen LogP contribution in [0, 0.1) is 0 Å². The normalized spacial score (nSPS) is 13.7. The predicted molar refractivity (Wildman–Crippen MR) is 109 cm³/mol. The van der Waals surface area contributed by atoms with Crippen molar-refractivity contribution >= 4 is 17.5 Å².